The molecule has 1 unspecified atom stereocenters. The van der Waals surface area contributed by atoms with E-state index < -0.39 is 5.60 Å². The van der Waals surface area contributed by atoms with Gasteiger partial charge in [0.15, 0.2) is 0 Å². The van der Waals surface area contributed by atoms with E-state index in [1.54, 1.807) is 48.9 Å². The Kier molecular flexibility index (Phi) is 5.49. The van der Waals surface area contributed by atoms with Crippen molar-refractivity contribution in [2.45, 2.75) is 36.5 Å². The molecule has 0 aliphatic heterocycles. The Bertz CT molecular complexity index is 680. The topological polar surface area (TPSA) is 67.2 Å². The van der Waals surface area contributed by atoms with Gasteiger partial charge in [0.1, 0.15) is 5.60 Å². The second-order valence-electron chi connectivity index (χ2n) is 6.02. The van der Waals surface area contributed by atoms with Crippen molar-refractivity contribution < 1.29 is 9.90 Å². The third-order valence-corrected chi connectivity index (χ3v) is 4.50. The van der Waals surface area contributed by atoms with Gasteiger partial charge in [0, 0.05) is 29.0 Å². The summed E-state index contributed by atoms with van der Waals surface area (Å²) in [7, 11) is 1.79. The lowest BCUT2D eigenvalue weighted by atomic mass is 9.99. The molecule has 6 heteroatoms. The highest BCUT2D eigenvalue weighted by Crippen LogP contribution is 2.26. The van der Waals surface area contributed by atoms with E-state index in [2.05, 4.69) is 24.3 Å². The molecule has 23 heavy (non-hydrogen) atoms. The number of carbonyl (C=O) groups excluding carboxylic acids is 1. The summed E-state index contributed by atoms with van der Waals surface area (Å²) in [5.41, 5.74) is 0.141. The normalized spacial score (nSPS) is 13.8. The van der Waals surface area contributed by atoms with Gasteiger partial charge in [-0.3, -0.25) is 9.48 Å². The summed E-state index contributed by atoms with van der Waals surface area (Å²) >= 11 is 1.65. The van der Waals surface area contributed by atoms with E-state index in [1.165, 1.54) is 0 Å². The van der Waals surface area contributed by atoms with Gasteiger partial charge < -0.3 is 10.4 Å². The van der Waals surface area contributed by atoms with Gasteiger partial charge in [-0.15, -0.1) is 11.8 Å². The van der Waals surface area contributed by atoms with Crippen molar-refractivity contribution in [1.29, 1.82) is 0 Å². The van der Waals surface area contributed by atoms with Gasteiger partial charge in [0.25, 0.3) is 5.91 Å². The SMILES string of the molecule is CC(C)Sc1ccccc1C(=O)NCC(C)(O)c1cnn(C)c1. The van der Waals surface area contributed by atoms with Crippen LogP contribution in [0.4, 0.5) is 0 Å². The van der Waals surface area contributed by atoms with Crippen LogP contribution in [0.3, 0.4) is 0 Å². The molecule has 0 radical (unpaired) electrons. The highest BCUT2D eigenvalue weighted by atomic mass is 32.2. The molecule has 0 fully saturated rings. The van der Waals surface area contributed by atoms with Crippen LogP contribution in [0, 0.1) is 0 Å². The minimum atomic E-state index is -1.16. The fourth-order valence-electron chi connectivity index (χ4n) is 2.16. The van der Waals surface area contributed by atoms with Crippen molar-refractivity contribution in [2.75, 3.05) is 6.54 Å². The standard InChI is InChI=1S/C17H23N3O2S/c1-12(2)23-15-8-6-5-7-14(15)16(21)18-11-17(3,22)13-9-19-20(4)10-13/h5-10,12,22H,11H2,1-4H3,(H,18,21). The van der Waals surface area contributed by atoms with Crippen molar-refractivity contribution in [2.24, 2.45) is 7.05 Å². The highest BCUT2D eigenvalue weighted by molar-refractivity contribution is 8.00. The van der Waals surface area contributed by atoms with Gasteiger partial charge in [0.05, 0.1) is 18.3 Å². The zero-order chi connectivity index (χ0) is 17.0. The number of aryl methyl sites for hydroxylation is 1. The predicted octanol–water partition coefficient (Wildman–Crippen LogP) is 2.56. The summed E-state index contributed by atoms with van der Waals surface area (Å²) in [6.45, 7) is 5.97. The third-order valence-electron chi connectivity index (χ3n) is 3.41. The molecule has 1 amide bonds. The van der Waals surface area contributed by atoms with Crippen molar-refractivity contribution in [3.05, 3.63) is 47.8 Å². The fourth-order valence-corrected chi connectivity index (χ4v) is 3.11. The van der Waals surface area contributed by atoms with Crippen LogP contribution in [-0.2, 0) is 12.6 Å². The number of aliphatic hydroxyl groups is 1. The molecule has 1 aromatic heterocycles. The van der Waals surface area contributed by atoms with E-state index in [-0.39, 0.29) is 12.5 Å². The van der Waals surface area contributed by atoms with Crippen molar-refractivity contribution in [1.82, 2.24) is 15.1 Å². The third kappa shape index (κ3) is 4.59. The van der Waals surface area contributed by atoms with E-state index in [0.29, 0.717) is 16.4 Å². The van der Waals surface area contributed by atoms with Crippen LogP contribution in [0.1, 0.15) is 36.7 Å². The fraction of sp³-hybridized carbons (Fsp3) is 0.412. The molecule has 0 saturated heterocycles. The summed E-state index contributed by atoms with van der Waals surface area (Å²) in [6, 6.07) is 7.52. The molecule has 0 bridgehead atoms. The Morgan fingerprint density at radius 1 is 1.43 bits per heavy atom. The summed E-state index contributed by atoms with van der Waals surface area (Å²) in [6.07, 6.45) is 3.35. The Morgan fingerprint density at radius 3 is 2.74 bits per heavy atom. The molecule has 0 aliphatic carbocycles. The average molecular weight is 333 g/mol. The maximum absolute atomic E-state index is 12.5. The van der Waals surface area contributed by atoms with Crippen molar-refractivity contribution in [3.8, 4) is 0 Å². The number of nitrogens with zero attached hydrogens (tertiary/aromatic N) is 2. The number of hydrogen-bond acceptors (Lipinski definition) is 4. The van der Waals surface area contributed by atoms with Gasteiger partial charge in [-0.1, -0.05) is 26.0 Å². The summed E-state index contributed by atoms with van der Waals surface area (Å²) in [5, 5.41) is 17.8. The van der Waals surface area contributed by atoms with E-state index in [0.717, 1.165) is 4.90 Å². The predicted molar refractivity (Wildman–Crippen MR) is 92.5 cm³/mol. The minimum absolute atomic E-state index is 0.123. The van der Waals surface area contributed by atoms with Crippen LogP contribution in [0.2, 0.25) is 0 Å². The highest BCUT2D eigenvalue weighted by Gasteiger charge is 2.26. The molecular weight excluding hydrogens is 310 g/mol. The number of benzene rings is 1. The van der Waals surface area contributed by atoms with E-state index >= 15 is 0 Å². The lowest BCUT2D eigenvalue weighted by Crippen LogP contribution is -2.38. The van der Waals surface area contributed by atoms with Crippen LogP contribution < -0.4 is 5.32 Å². The second kappa shape index (κ2) is 7.19. The van der Waals surface area contributed by atoms with Gasteiger partial charge in [-0.2, -0.15) is 5.10 Å². The molecule has 2 N–H and O–H groups in total. The first-order chi connectivity index (χ1) is 10.8. The van der Waals surface area contributed by atoms with Crippen molar-refractivity contribution in [3.63, 3.8) is 0 Å². The van der Waals surface area contributed by atoms with Crippen LogP contribution in [0.5, 0.6) is 0 Å². The molecule has 5 nitrogen and oxygen atoms in total. The molecule has 1 atom stereocenters. The monoisotopic (exact) mass is 333 g/mol. The molecule has 2 aromatic rings. The van der Waals surface area contributed by atoms with E-state index in [4.69, 9.17) is 0 Å². The Labute approximate surface area is 141 Å². The number of aromatic nitrogens is 2. The summed E-state index contributed by atoms with van der Waals surface area (Å²) in [4.78, 5) is 13.4. The number of nitrogens with one attached hydrogen (secondary N) is 1. The summed E-state index contributed by atoms with van der Waals surface area (Å²) in [5.74, 6) is -0.182. The van der Waals surface area contributed by atoms with E-state index in [9.17, 15) is 9.90 Å². The first-order valence-electron chi connectivity index (χ1n) is 7.55. The second-order valence-corrected chi connectivity index (χ2v) is 7.64. The number of rotatable bonds is 6. The number of amides is 1. The lowest BCUT2D eigenvalue weighted by Gasteiger charge is -2.22. The molecule has 124 valence electrons. The molecule has 0 spiro atoms. The van der Waals surface area contributed by atoms with Crippen LogP contribution in [-0.4, -0.2) is 32.6 Å². The van der Waals surface area contributed by atoms with Crippen LogP contribution in [0.15, 0.2) is 41.6 Å². The zero-order valence-corrected chi connectivity index (χ0v) is 14.7. The minimum Gasteiger partial charge on any atom is -0.383 e. The average Bonchev–Trinajstić information content (AvgIpc) is 2.92. The lowest BCUT2D eigenvalue weighted by molar-refractivity contribution is 0.0525. The van der Waals surface area contributed by atoms with Gasteiger partial charge in [0.2, 0.25) is 0 Å². The maximum atomic E-state index is 12.5. The Hall–Kier alpha value is -1.79. The Morgan fingerprint density at radius 2 is 2.13 bits per heavy atom. The van der Waals surface area contributed by atoms with Crippen LogP contribution in [0.25, 0.3) is 0 Å². The molecule has 1 heterocycles. The quantitative estimate of drug-likeness (QED) is 0.797. The Balaban J connectivity index is 2.08. The largest absolute Gasteiger partial charge is 0.383 e. The number of carbonyl (C=O) groups is 1. The first-order valence-corrected chi connectivity index (χ1v) is 8.43. The van der Waals surface area contributed by atoms with E-state index in [1.807, 2.05) is 18.2 Å². The molecular formula is C17H23N3O2S. The number of thioether (sulfide) groups is 1. The summed E-state index contributed by atoms with van der Waals surface area (Å²) < 4.78 is 1.63. The molecule has 0 aliphatic rings. The smallest absolute Gasteiger partial charge is 0.252 e. The number of hydrogen-bond donors (Lipinski definition) is 2. The molecule has 0 saturated carbocycles. The van der Waals surface area contributed by atoms with Gasteiger partial charge >= 0.3 is 0 Å². The molecule has 2 rings (SSSR count). The van der Waals surface area contributed by atoms with Gasteiger partial charge in [-0.25, -0.2) is 0 Å². The zero-order valence-electron chi connectivity index (χ0n) is 13.9. The van der Waals surface area contributed by atoms with Crippen molar-refractivity contribution >= 4 is 17.7 Å². The maximum Gasteiger partial charge on any atom is 0.252 e. The van der Waals surface area contributed by atoms with Crippen LogP contribution >= 0.6 is 11.8 Å². The first kappa shape index (κ1) is 17.6. The molecule has 1 aromatic carbocycles. The van der Waals surface area contributed by atoms with Gasteiger partial charge in [-0.05, 0) is 19.1 Å².